The lowest BCUT2D eigenvalue weighted by molar-refractivity contribution is -0.126. The first kappa shape index (κ1) is 16.5. The fourth-order valence-corrected chi connectivity index (χ4v) is 2.15. The molecule has 2 amide bonds. The fourth-order valence-electron chi connectivity index (χ4n) is 2.15. The van der Waals surface area contributed by atoms with Gasteiger partial charge in [-0.1, -0.05) is 35.9 Å². The monoisotopic (exact) mass is 312 g/mol. The summed E-state index contributed by atoms with van der Waals surface area (Å²) in [6.07, 6.45) is -0.739. The van der Waals surface area contributed by atoms with Crippen LogP contribution >= 0.6 is 0 Å². The van der Waals surface area contributed by atoms with Gasteiger partial charge in [0.05, 0.1) is 0 Å². The second-order valence-corrected chi connectivity index (χ2v) is 5.30. The maximum atomic E-state index is 12.6. The zero-order chi connectivity index (χ0) is 16.8. The molecule has 0 radical (unpaired) electrons. The van der Waals surface area contributed by atoms with E-state index in [0.717, 1.165) is 5.56 Å². The molecule has 0 aliphatic rings. The zero-order valence-electron chi connectivity index (χ0n) is 13.2. The van der Waals surface area contributed by atoms with Crippen molar-refractivity contribution in [1.29, 1.82) is 0 Å². The molecule has 120 valence electrons. The molecule has 23 heavy (non-hydrogen) atoms. The average molecular weight is 312 g/mol. The molecule has 0 unspecified atom stereocenters. The number of benzene rings is 2. The van der Waals surface area contributed by atoms with Crippen LogP contribution < -0.4 is 15.4 Å². The first-order valence-corrected chi connectivity index (χ1v) is 7.35. The van der Waals surface area contributed by atoms with Gasteiger partial charge in [-0.15, -0.1) is 0 Å². The zero-order valence-corrected chi connectivity index (χ0v) is 13.2. The minimum atomic E-state index is -0.739. The highest BCUT2D eigenvalue weighted by molar-refractivity contribution is 6.00. The molecule has 0 fully saturated rings. The topological polar surface area (TPSA) is 72.6 Å². The number of para-hydroxylation sites is 1. The van der Waals surface area contributed by atoms with E-state index in [1.807, 2.05) is 25.1 Å². The number of aryl methyl sites for hydroxylation is 1. The van der Waals surface area contributed by atoms with Crippen LogP contribution in [0.3, 0.4) is 0 Å². The summed E-state index contributed by atoms with van der Waals surface area (Å²) in [7, 11) is 0. The highest BCUT2D eigenvalue weighted by atomic mass is 16.5. The largest absolute Gasteiger partial charge is 0.481 e. The minimum Gasteiger partial charge on any atom is -0.481 e. The number of carbonyl (C=O) groups is 2. The smallest absolute Gasteiger partial charge is 0.268 e. The molecule has 1 atom stereocenters. The molecule has 2 rings (SSSR count). The van der Waals surface area contributed by atoms with E-state index in [4.69, 9.17) is 10.5 Å². The predicted molar refractivity (Wildman–Crippen MR) is 89.3 cm³/mol. The van der Waals surface area contributed by atoms with E-state index in [-0.39, 0.29) is 12.5 Å². The number of anilines is 1. The molecular formula is C18H20N2O3. The summed E-state index contributed by atoms with van der Waals surface area (Å²) in [5.41, 5.74) is 6.98. The fraction of sp³-hybridized carbons (Fsp3) is 0.222. The number of ether oxygens (including phenoxy) is 1. The molecule has 5 nitrogen and oxygen atoms in total. The van der Waals surface area contributed by atoms with Gasteiger partial charge in [-0.3, -0.25) is 14.5 Å². The van der Waals surface area contributed by atoms with Crippen molar-refractivity contribution in [3.05, 3.63) is 60.2 Å². The molecule has 0 aromatic heterocycles. The lowest BCUT2D eigenvalue weighted by Crippen LogP contribution is -2.45. The van der Waals surface area contributed by atoms with Gasteiger partial charge in [0.1, 0.15) is 12.3 Å². The second-order valence-electron chi connectivity index (χ2n) is 5.30. The van der Waals surface area contributed by atoms with Crippen molar-refractivity contribution in [2.75, 3.05) is 11.4 Å². The Morgan fingerprint density at radius 2 is 1.70 bits per heavy atom. The first-order chi connectivity index (χ1) is 11.0. The number of amides is 2. The van der Waals surface area contributed by atoms with E-state index >= 15 is 0 Å². The van der Waals surface area contributed by atoms with Gasteiger partial charge in [0, 0.05) is 5.69 Å². The average Bonchev–Trinajstić information content (AvgIpc) is 2.54. The maximum Gasteiger partial charge on any atom is 0.268 e. The summed E-state index contributed by atoms with van der Waals surface area (Å²) in [5.74, 6) is -0.302. The van der Waals surface area contributed by atoms with E-state index in [2.05, 4.69) is 0 Å². The lowest BCUT2D eigenvalue weighted by Gasteiger charge is -2.25. The SMILES string of the molecule is Cc1ccc(O[C@@H](C)C(=O)N(CC(N)=O)c2ccccc2)cc1. The van der Waals surface area contributed by atoms with E-state index in [1.54, 1.807) is 43.3 Å². The Labute approximate surface area is 135 Å². The Morgan fingerprint density at radius 3 is 2.26 bits per heavy atom. The first-order valence-electron chi connectivity index (χ1n) is 7.35. The molecule has 0 heterocycles. The van der Waals surface area contributed by atoms with Crippen LogP contribution in [0.1, 0.15) is 12.5 Å². The third kappa shape index (κ3) is 4.57. The normalized spacial score (nSPS) is 11.6. The van der Waals surface area contributed by atoms with Crippen LogP contribution in [-0.2, 0) is 9.59 Å². The summed E-state index contributed by atoms with van der Waals surface area (Å²) in [4.78, 5) is 25.3. The van der Waals surface area contributed by atoms with Crippen LogP contribution in [0.5, 0.6) is 5.75 Å². The quantitative estimate of drug-likeness (QED) is 0.889. The summed E-state index contributed by atoms with van der Waals surface area (Å²) in [5, 5.41) is 0. The Kier molecular flexibility index (Phi) is 5.36. The summed E-state index contributed by atoms with van der Waals surface area (Å²) in [6.45, 7) is 3.44. The van der Waals surface area contributed by atoms with Gasteiger partial charge in [0.15, 0.2) is 6.10 Å². The molecule has 2 aromatic carbocycles. The van der Waals surface area contributed by atoms with Crippen molar-refractivity contribution in [2.24, 2.45) is 5.73 Å². The van der Waals surface area contributed by atoms with Crippen LogP contribution in [0.15, 0.2) is 54.6 Å². The molecule has 5 heteroatoms. The number of primary amides is 1. The van der Waals surface area contributed by atoms with Gasteiger partial charge < -0.3 is 10.5 Å². The van der Waals surface area contributed by atoms with E-state index in [0.29, 0.717) is 11.4 Å². The van der Waals surface area contributed by atoms with Crippen LogP contribution in [0.2, 0.25) is 0 Å². The van der Waals surface area contributed by atoms with Gasteiger partial charge in [-0.05, 0) is 38.1 Å². The van der Waals surface area contributed by atoms with Crippen molar-refractivity contribution >= 4 is 17.5 Å². The molecule has 2 aromatic rings. The molecule has 0 saturated heterocycles. The number of carbonyl (C=O) groups excluding carboxylic acids is 2. The molecule has 0 saturated carbocycles. The van der Waals surface area contributed by atoms with Crippen molar-refractivity contribution < 1.29 is 14.3 Å². The van der Waals surface area contributed by atoms with Gasteiger partial charge in [0.2, 0.25) is 5.91 Å². The Morgan fingerprint density at radius 1 is 1.09 bits per heavy atom. The molecule has 0 bridgehead atoms. The molecule has 0 aliphatic carbocycles. The van der Waals surface area contributed by atoms with Crippen molar-refractivity contribution in [2.45, 2.75) is 20.0 Å². The summed E-state index contributed by atoms with van der Waals surface area (Å²) < 4.78 is 5.67. The third-order valence-electron chi connectivity index (χ3n) is 3.33. The lowest BCUT2D eigenvalue weighted by atomic mass is 10.2. The van der Waals surface area contributed by atoms with E-state index in [1.165, 1.54) is 4.90 Å². The van der Waals surface area contributed by atoms with Crippen molar-refractivity contribution in [3.63, 3.8) is 0 Å². The van der Waals surface area contributed by atoms with Crippen LogP contribution in [0, 0.1) is 6.92 Å². The Hall–Kier alpha value is -2.82. The van der Waals surface area contributed by atoms with Gasteiger partial charge in [0.25, 0.3) is 5.91 Å². The van der Waals surface area contributed by atoms with Gasteiger partial charge in [-0.25, -0.2) is 0 Å². The highest BCUT2D eigenvalue weighted by Crippen LogP contribution is 2.18. The number of hydrogen-bond acceptors (Lipinski definition) is 3. The number of rotatable bonds is 6. The van der Waals surface area contributed by atoms with E-state index < -0.39 is 12.0 Å². The Bertz CT molecular complexity index is 668. The minimum absolute atomic E-state index is 0.190. The predicted octanol–water partition coefficient (Wildman–Crippen LogP) is 2.28. The summed E-state index contributed by atoms with van der Waals surface area (Å²) >= 11 is 0. The van der Waals surface area contributed by atoms with Crippen LogP contribution in [0.4, 0.5) is 5.69 Å². The molecular weight excluding hydrogens is 292 g/mol. The molecule has 2 N–H and O–H groups in total. The maximum absolute atomic E-state index is 12.6. The number of nitrogens with two attached hydrogens (primary N) is 1. The van der Waals surface area contributed by atoms with Gasteiger partial charge >= 0.3 is 0 Å². The van der Waals surface area contributed by atoms with Crippen LogP contribution in [-0.4, -0.2) is 24.5 Å². The second kappa shape index (κ2) is 7.45. The third-order valence-corrected chi connectivity index (χ3v) is 3.33. The highest BCUT2D eigenvalue weighted by Gasteiger charge is 2.24. The standard InChI is InChI=1S/C18H20N2O3/c1-13-8-10-16(11-9-13)23-14(2)18(22)20(12-17(19)21)15-6-4-3-5-7-15/h3-11,14H,12H2,1-2H3,(H2,19,21)/t14-/m0/s1. The number of hydrogen-bond donors (Lipinski definition) is 1. The van der Waals surface area contributed by atoms with Crippen LogP contribution in [0.25, 0.3) is 0 Å². The summed E-state index contributed by atoms with van der Waals surface area (Å²) in [6, 6.07) is 16.3. The number of nitrogens with zero attached hydrogens (tertiary/aromatic N) is 1. The Balaban J connectivity index is 2.15. The molecule has 0 aliphatic heterocycles. The molecule has 0 spiro atoms. The van der Waals surface area contributed by atoms with Crippen molar-refractivity contribution in [3.8, 4) is 5.75 Å². The van der Waals surface area contributed by atoms with Crippen molar-refractivity contribution in [1.82, 2.24) is 0 Å². The van der Waals surface area contributed by atoms with E-state index in [9.17, 15) is 9.59 Å². The van der Waals surface area contributed by atoms with Gasteiger partial charge in [-0.2, -0.15) is 0 Å².